The van der Waals surface area contributed by atoms with E-state index < -0.39 is 23.3 Å². The van der Waals surface area contributed by atoms with Crippen molar-refractivity contribution < 1.29 is 27.4 Å². The first-order valence-electron chi connectivity index (χ1n) is 13.3. The zero-order chi connectivity index (χ0) is 29.1. The zero-order valence-electron chi connectivity index (χ0n) is 22.3. The van der Waals surface area contributed by atoms with Crippen molar-refractivity contribution in [3.63, 3.8) is 0 Å². The highest BCUT2D eigenvalue weighted by Crippen LogP contribution is 2.57. The Labute approximate surface area is 239 Å². The van der Waals surface area contributed by atoms with Crippen LogP contribution in [0.3, 0.4) is 0 Å². The quantitative estimate of drug-likeness (QED) is 0.213. The smallest absolute Gasteiger partial charge is 0.416 e. The van der Waals surface area contributed by atoms with Gasteiger partial charge in [-0.1, -0.05) is 36.4 Å². The van der Waals surface area contributed by atoms with Gasteiger partial charge in [0.25, 0.3) is 0 Å². The standard InChI is InChI=1S/C34H23F3N2O3/c1-20-17-30-28(19-29(20)39-23-13-11-21(12-14-23)34(35,36)37)33(26-10-6-5-9-25(26)32(40)42-33)27-16-15-24(18-31(27)41-30)38-22-7-3-2-4-8-22/h2-19,38-39H,1H3. The summed E-state index contributed by atoms with van der Waals surface area (Å²) in [6, 6.07) is 31.2. The second-order valence-electron chi connectivity index (χ2n) is 10.3. The molecule has 0 aromatic heterocycles. The normalized spacial score (nSPS) is 16.6. The number of carbonyl (C=O) groups is 1. The minimum atomic E-state index is -4.42. The van der Waals surface area contributed by atoms with E-state index in [-0.39, 0.29) is 0 Å². The second-order valence-corrected chi connectivity index (χ2v) is 10.3. The van der Waals surface area contributed by atoms with Crippen molar-refractivity contribution in [1.82, 2.24) is 0 Å². The van der Waals surface area contributed by atoms with Crippen LogP contribution in [-0.2, 0) is 16.5 Å². The van der Waals surface area contributed by atoms with Crippen LogP contribution in [0.25, 0.3) is 0 Å². The molecule has 8 heteroatoms. The third kappa shape index (κ3) is 4.15. The van der Waals surface area contributed by atoms with Crippen LogP contribution in [0.15, 0.2) is 109 Å². The molecule has 0 fully saturated rings. The van der Waals surface area contributed by atoms with Crippen molar-refractivity contribution in [3.8, 4) is 11.5 Å². The van der Waals surface area contributed by atoms with Gasteiger partial charge in [-0.25, -0.2) is 4.79 Å². The van der Waals surface area contributed by atoms with Crippen LogP contribution in [-0.4, -0.2) is 5.97 Å². The molecule has 0 amide bonds. The van der Waals surface area contributed by atoms with Crippen LogP contribution in [0, 0.1) is 6.92 Å². The molecule has 2 heterocycles. The number of fused-ring (bicyclic) bond motifs is 6. The molecular formula is C34H23F3N2O3. The molecule has 0 radical (unpaired) electrons. The van der Waals surface area contributed by atoms with E-state index >= 15 is 0 Å². The third-order valence-electron chi connectivity index (χ3n) is 7.61. The largest absolute Gasteiger partial charge is 0.456 e. The summed E-state index contributed by atoms with van der Waals surface area (Å²) in [5.74, 6) is 0.601. The maximum absolute atomic E-state index is 13.2. The number of aryl methyl sites for hydroxylation is 1. The van der Waals surface area contributed by atoms with E-state index in [1.165, 1.54) is 12.1 Å². The van der Waals surface area contributed by atoms with Crippen molar-refractivity contribution in [2.75, 3.05) is 10.6 Å². The predicted molar refractivity (Wildman–Crippen MR) is 154 cm³/mol. The van der Waals surface area contributed by atoms with E-state index in [1.807, 2.05) is 79.7 Å². The minimum absolute atomic E-state index is 0.450. The van der Waals surface area contributed by atoms with Crippen LogP contribution in [0.4, 0.5) is 35.9 Å². The first kappa shape index (κ1) is 25.7. The second kappa shape index (κ2) is 9.41. The fraction of sp³-hybridized carbons (Fsp3) is 0.0882. The Balaban J connectivity index is 1.35. The molecule has 42 heavy (non-hydrogen) atoms. The average molecular weight is 565 g/mol. The molecule has 0 saturated heterocycles. The number of alkyl halides is 3. The van der Waals surface area contributed by atoms with E-state index in [2.05, 4.69) is 10.6 Å². The van der Waals surface area contributed by atoms with Crippen LogP contribution in [0.1, 0.15) is 38.2 Å². The molecule has 208 valence electrons. The fourth-order valence-corrected chi connectivity index (χ4v) is 5.62. The molecular weight excluding hydrogens is 541 g/mol. The number of para-hydroxylation sites is 1. The number of ether oxygens (including phenoxy) is 2. The predicted octanol–water partition coefficient (Wildman–Crippen LogP) is 9.07. The van der Waals surface area contributed by atoms with Gasteiger partial charge in [0.05, 0.1) is 11.1 Å². The maximum Gasteiger partial charge on any atom is 0.416 e. The van der Waals surface area contributed by atoms with E-state index in [9.17, 15) is 18.0 Å². The van der Waals surface area contributed by atoms with Gasteiger partial charge in [-0.2, -0.15) is 13.2 Å². The molecule has 5 aromatic carbocycles. The Kier molecular flexibility index (Phi) is 5.76. The molecule has 1 atom stereocenters. The molecule has 5 nitrogen and oxygen atoms in total. The maximum atomic E-state index is 13.2. The molecule has 7 rings (SSSR count). The number of anilines is 4. The molecule has 2 N–H and O–H groups in total. The summed E-state index contributed by atoms with van der Waals surface area (Å²) in [6.45, 7) is 1.88. The molecule has 2 aliphatic heterocycles. The van der Waals surface area contributed by atoms with E-state index in [0.717, 1.165) is 29.1 Å². The van der Waals surface area contributed by atoms with Crippen molar-refractivity contribution >= 4 is 28.7 Å². The summed E-state index contributed by atoms with van der Waals surface area (Å²) < 4.78 is 52.0. The average Bonchev–Trinajstić information content (AvgIpc) is 3.27. The Morgan fingerprint density at radius 2 is 1.33 bits per heavy atom. The van der Waals surface area contributed by atoms with Gasteiger partial charge in [-0.3, -0.25) is 0 Å². The number of benzene rings is 5. The van der Waals surface area contributed by atoms with Crippen LogP contribution < -0.4 is 15.4 Å². The van der Waals surface area contributed by atoms with Gasteiger partial charge in [0.15, 0.2) is 5.60 Å². The monoisotopic (exact) mass is 564 g/mol. The number of esters is 1. The zero-order valence-corrected chi connectivity index (χ0v) is 22.3. The van der Waals surface area contributed by atoms with Gasteiger partial charge in [-0.05, 0) is 79.2 Å². The minimum Gasteiger partial charge on any atom is -0.456 e. The highest BCUT2D eigenvalue weighted by atomic mass is 19.4. The lowest BCUT2D eigenvalue weighted by Gasteiger charge is -2.37. The van der Waals surface area contributed by atoms with Gasteiger partial charge in [-0.15, -0.1) is 0 Å². The summed E-state index contributed by atoms with van der Waals surface area (Å²) in [6.07, 6.45) is -4.42. The van der Waals surface area contributed by atoms with E-state index in [1.54, 1.807) is 12.1 Å². The lowest BCUT2D eigenvalue weighted by atomic mass is 9.77. The Hall–Kier alpha value is -5.24. The van der Waals surface area contributed by atoms with E-state index in [4.69, 9.17) is 9.47 Å². The highest BCUT2D eigenvalue weighted by Gasteiger charge is 2.53. The summed E-state index contributed by atoms with van der Waals surface area (Å²) in [4.78, 5) is 13.2. The Morgan fingerprint density at radius 3 is 2.10 bits per heavy atom. The number of rotatable bonds is 4. The number of nitrogens with one attached hydrogen (secondary N) is 2. The summed E-state index contributed by atoms with van der Waals surface area (Å²) in [5, 5.41) is 6.61. The van der Waals surface area contributed by atoms with Crippen molar-refractivity contribution in [1.29, 1.82) is 0 Å². The number of halogens is 3. The van der Waals surface area contributed by atoms with Gasteiger partial charge in [0.2, 0.25) is 0 Å². The van der Waals surface area contributed by atoms with Crippen molar-refractivity contribution in [3.05, 3.63) is 143 Å². The molecule has 0 aliphatic carbocycles. The fourth-order valence-electron chi connectivity index (χ4n) is 5.62. The summed E-state index contributed by atoms with van der Waals surface area (Å²) >= 11 is 0. The van der Waals surface area contributed by atoms with Crippen LogP contribution in [0.5, 0.6) is 11.5 Å². The Morgan fingerprint density at radius 1 is 0.667 bits per heavy atom. The number of carbonyl (C=O) groups excluding carboxylic acids is 1. The van der Waals surface area contributed by atoms with Gasteiger partial charge < -0.3 is 20.1 Å². The van der Waals surface area contributed by atoms with Crippen molar-refractivity contribution in [2.45, 2.75) is 18.7 Å². The molecule has 0 saturated carbocycles. The first-order chi connectivity index (χ1) is 20.2. The van der Waals surface area contributed by atoms with Gasteiger partial charge >= 0.3 is 12.1 Å². The SMILES string of the molecule is Cc1cc2c(cc1Nc1ccc(C(F)(F)F)cc1)C1(OC(=O)c3ccccc31)c1ccc(Nc3ccccc3)cc1O2. The molecule has 1 spiro atoms. The lowest BCUT2D eigenvalue weighted by Crippen LogP contribution is -2.33. The summed E-state index contributed by atoms with van der Waals surface area (Å²) in [7, 11) is 0. The van der Waals surface area contributed by atoms with Crippen molar-refractivity contribution in [2.24, 2.45) is 0 Å². The van der Waals surface area contributed by atoms with Gasteiger partial charge in [0.1, 0.15) is 11.5 Å². The first-order valence-corrected chi connectivity index (χ1v) is 13.3. The highest BCUT2D eigenvalue weighted by molar-refractivity contribution is 5.97. The topological polar surface area (TPSA) is 59.6 Å². The molecule has 0 bridgehead atoms. The van der Waals surface area contributed by atoms with Gasteiger partial charge in [0, 0.05) is 45.5 Å². The van der Waals surface area contributed by atoms with Crippen LogP contribution >= 0.6 is 0 Å². The Bertz CT molecular complexity index is 1850. The third-order valence-corrected chi connectivity index (χ3v) is 7.61. The van der Waals surface area contributed by atoms with Crippen LogP contribution in [0.2, 0.25) is 0 Å². The molecule has 2 aliphatic rings. The number of hydrogen-bond donors (Lipinski definition) is 2. The van der Waals surface area contributed by atoms with E-state index in [0.29, 0.717) is 45.1 Å². The summed E-state index contributed by atoms with van der Waals surface area (Å²) in [5.41, 5.74) is 4.04. The molecule has 1 unspecified atom stereocenters. The molecule has 5 aromatic rings. The lowest BCUT2D eigenvalue weighted by molar-refractivity contribution is -0.137. The number of hydrogen-bond acceptors (Lipinski definition) is 5.